The van der Waals surface area contributed by atoms with Crippen molar-refractivity contribution in [2.75, 3.05) is 0 Å². The summed E-state index contributed by atoms with van der Waals surface area (Å²) in [6.45, 7) is 5.04. The zero-order chi connectivity index (χ0) is 12.8. The van der Waals surface area contributed by atoms with Crippen molar-refractivity contribution in [3.05, 3.63) is 52.2 Å². The Morgan fingerprint density at radius 3 is 2.94 bits per heavy atom. The van der Waals surface area contributed by atoms with E-state index in [1.54, 1.807) is 17.5 Å². The van der Waals surface area contributed by atoms with Crippen molar-refractivity contribution < 1.29 is 0 Å². The maximum atomic E-state index is 4.25. The van der Waals surface area contributed by atoms with Crippen LogP contribution in [0.25, 0.3) is 6.08 Å². The van der Waals surface area contributed by atoms with E-state index in [1.165, 1.54) is 4.88 Å². The first kappa shape index (κ1) is 12.9. The highest BCUT2D eigenvalue weighted by molar-refractivity contribution is 7.09. The standard InChI is InChI=1S/C14H17N3S/c1-11(6-7-13-5-3-4-8-15-13)16-9-14-12(2)17-10-18-14/h3-8,10-11,16H,9H2,1-2H3/b7-6+. The summed E-state index contributed by atoms with van der Waals surface area (Å²) in [5.74, 6) is 0. The van der Waals surface area contributed by atoms with E-state index in [4.69, 9.17) is 0 Å². The molecule has 0 fully saturated rings. The highest BCUT2D eigenvalue weighted by atomic mass is 32.1. The molecule has 3 nitrogen and oxygen atoms in total. The van der Waals surface area contributed by atoms with Crippen LogP contribution in [0.3, 0.4) is 0 Å². The van der Waals surface area contributed by atoms with E-state index in [0.29, 0.717) is 6.04 Å². The van der Waals surface area contributed by atoms with Crippen molar-refractivity contribution in [2.24, 2.45) is 0 Å². The lowest BCUT2D eigenvalue weighted by Gasteiger charge is -2.08. The molecule has 1 unspecified atom stereocenters. The van der Waals surface area contributed by atoms with Crippen molar-refractivity contribution in [2.45, 2.75) is 26.4 Å². The summed E-state index contributed by atoms with van der Waals surface area (Å²) >= 11 is 1.70. The van der Waals surface area contributed by atoms with Crippen molar-refractivity contribution in [1.82, 2.24) is 15.3 Å². The summed E-state index contributed by atoms with van der Waals surface area (Å²) in [4.78, 5) is 9.79. The van der Waals surface area contributed by atoms with Gasteiger partial charge in [0.2, 0.25) is 0 Å². The molecule has 0 amide bonds. The predicted octanol–water partition coefficient (Wildman–Crippen LogP) is 3.04. The molecule has 0 spiro atoms. The molecule has 1 atom stereocenters. The number of hydrogen-bond acceptors (Lipinski definition) is 4. The molecule has 4 heteroatoms. The summed E-state index contributed by atoms with van der Waals surface area (Å²) in [5, 5.41) is 3.45. The highest BCUT2D eigenvalue weighted by Gasteiger charge is 2.02. The van der Waals surface area contributed by atoms with Gasteiger partial charge in [-0.2, -0.15) is 0 Å². The lowest BCUT2D eigenvalue weighted by Crippen LogP contribution is -2.23. The molecule has 0 aliphatic carbocycles. The van der Waals surface area contributed by atoms with E-state index in [-0.39, 0.29) is 0 Å². The summed E-state index contributed by atoms with van der Waals surface area (Å²) in [6.07, 6.45) is 5.97. The number of hydrogen-bond donors (Lipinski definition) is 1. The lowest BCUT2D eigenvalue weighted by atomic mass is 10.2. The fourth-order valence-electron chi connectivity index (χ4n) is 1.54. The second kappa shape index (κ2) is 6.42. The molecule has 2 aromatic heterocycles. The van der Waals surface area contributed by atoms with Crippen LogP contribution in [0.1, 0.15) is 23.2 Å². The Kier molecular flexibility index (Phi) is 4.61. The summed E-state index contributed by atoms with van der Waals surface area (Å²) in [7, 11) is 0. The Hall–Kier alpha value is -1.52. The number of nitrogens with zero attached hydrogens (tertiary/aromatic N) is 2. The van der Waals surface area contributed by atoms with Gasteiger partial charge in [-0.05, 0) is 32.1 Å². The zero-order valence-electron chi connectivity index (χ0n) is 10.6. The minimum Gasteiger partial charge on any atom is -0.306 e. The Morgan fingerprint density at radius 1 is 1.39 bits per heavy atom. The molecule has 0 radical (unpaired) electrons. The van der Waals surface area contributed by atoms with Gasteiger partial charge in [-0.1, -0.05) is 12.1 Å². The first-order valence-corrected chi connectivity index (χ1v) is 6.85. The summed E-state index contributed by atoms with van der Waals surface area (Å²) < 4.78 is 0. The van der Waals surface area contributed by atoms with Crippen LogP contribution in [-0.2, 0) is 6.54 Å². The van der Waals surface area contributed by atoms with Gasteiger partial charge < -0.3 is 5.32 Å². The topological polar surface area (TPSA) is 37.8 Å². The molecule has 94 valence electrons. The molecule has 0 saturated heterocycles. The average molecular weight is 259 g/mol. The number of thiazole rings is 1. The van der Waals surface area contributed by atoms with Gasteiger partial charge in [0.25, 0.3) is 0 Å². The third-order valence-electron chi connectivity index (χ3n) is 2.67. The van der Waals surface area contributed by atoms with Crippen LogP contribution in [0.2, 0.25) is 0 Å². The van der Waals surface area contributed by atoms with Gasteiger partial charge in [0.05, 0.1) is 16.9 Å². The van der Waals surface area contributed by atoms with Gasteiger partial charge >= 0.3 is 0 Å². The third-order valence-corrected chi connectivity index (χ3v) is 3.61. The lowest BCUT2D eigenvalue weighted by molar-refractivity contribution is 0.638. The van der Waals surface area contributed by atoms with Crippen LogP contribution in [-0.4, -0.2) is 16.0 Å². The molecule has 0 aliphatic rings. The number of nitrogens with one attached hydrogen (secondary N) is 1. The average Bonchev–Trinajstić information content (AvgIpc) is 2.81. The third kappa shape index (κ3) is 3.75. The second-order valence-electron chi connectivity index (χ2n) is 4.14. The molecule has 0 aromatic carbocycles. The van der Waals surface area contributed by atoms with Gasteiger partial charge in [0.15, 0.2) is 0 Å². The minimum absolute atomic E-state index is 0.313. The normalized spacial score (nSPS) is 13.0. The maximum Gasteiger partial charge on any atom is 0.0798 e. The van der Waals surface area contributed by atoms with Gasteiger partial charge in [-0.3, -0.25) is 4.98 Å². The Balaban J connectivity index is 1.84. The minimum atomic E-state index is 0.313. The monoisotopic (exact) mass is 259 g/mol. The Bertz CT molecular complexity index is 505. The highest BCUT2D eigenvalue weighted by Crippen LogP contribution is 2.11. The molecule has 2 rings (SSSR count). The fraction of sp³-hybridized carbons (Fsp3) is 0.286. The Labute approximate surface area is 112 Å². The van der Waals surface area contributed by atoms with E-state index in [9.17, 15) is 0 Å². The zero-order valence-corrected chi connectivity index (χ0v) is 11.4. The van der Waals surface area contributed by atoms with Crippen LogP contribution < -0.4 is 5.32 Å². The molecule has 0 bridgehead atoms. The van der Waals surface area contributed by atoms with E-state index < -0.39 is 0 Å². The quantitative estimate of drug-likeness (QED) is 0.897. The fourth-order valence-corrected chi connectivity index (χ4v) is 2.26. The maximum absolute atomic E-state index is 4.25. The summed E-state index contributed by atoms with van der Waals surface area (Å²) in [6, 6.07) is 6.22. The van der Waals surface area contributed by atoms with Crippen LogP contribution in [0.5, 0.6) is 0 Å². The van der Waals surface area contributed by atoms with Gasteiger partial charge in [-0.15, -0.1) is 11.3 Å². The molecule has 18 heavy (non-hydrogen) atoms. The molecular formula is C14H17N3S. The number of aryl methyl sites for hydroxylation is 1. The van der Waals surface area contributed by atoms with Gasteiger partial charge in [-0.25, -0.2) is 4.98 Å². The van der Waals surface area contributed by atoms with Gasteiger partial charge in [0, 0.05) is 23.7 Å². The van der Waals surface area contributed by atoms with Crippen LogP contribution >= 0.6 is 11.3 Å². The molecule has 1 N–H and O–H groups in total. The van der Waals surface area contributed by atoms with E-state index >= 15 is 0 Å². The van der Waals surface area contributed by atoms with Gasteiger partial charge in [0.1, 0.15) is 0 Å². The number of aromatic nitrogens is 2. The molecule has 0 aliphatic heterocycles. The SMILES string of the molecule is Cc1ncsc1CNC(C)/C=C/c1ccccn1. The van der Waals surface area contributed by atoms with Crippen LogP contribution in [0.15, 0.2) is 36.0 Å². The summed E-state index contributed by atoms with van der Waals surface area (Å²) in [5.41, 5.74) is 3.99. The smallest absolute Gasteiger partial charge is 0.0798 e. The number of pyridine rings is 1. The first-order valence-electron chi connectivity index (χ1n) is 5.97. The second-order valence-corrected chi connectivity index (χ2v) is 5.08. The van der Waals surface area contributed by atoms with E-state index in [1.807, 2.05) is 36.7 Å². The molecule has 2 aromatic rings. The van der Waals surface area contributed by atoms with Crippen molar-refractivity contribution in [3.63, 3.8) is 0 Å². The molecule has 2 heterocycles. The van der Waals surface area contributed by atoms with Crippen molar-refractivity contribution in [3.8, 4) is 0 Å². The molecule has 0 saturated carbocycles. The Morgan fingerprint density at radius 2 is 2.28 bits per heavy atom. The van der Waals surface area contributed by atoms with Crippen LogP contribution in [0, 0.1) is 6.92 Å². The largest absolute Gasteiger partial charge is 0.306 e. The van der Waals surface area contributed by atoms with Crippen molar-refractivity contribution in [1.29, 1.82) is 0 Å². The van der Waals surface area contributed by atoms with Crippen molar-refractivity contribution >= 4 is 17.4 Å². The predicted molar refractivity (Wildman–Crippen MR) is 76.4 cm³/mol. The number of rotatable bonds is 5. The van der Waals surface area contributed by atoms with E-state index in [2.05, 4.69) is 28.3 Å². The first-order chi connectivity index (χ1) is 8.75. The molecular weight excluding hydrogens is 242 g/mol. The van der Waals surface area contributed by atoms with Crippen LogP contribution in [0.4, 0.5) is 0 Å². The van der Waals surface area contributed by atoms with E-state index in [0.717, 1.165) is 17.9 Å².